The molecule has 9 aliphatic heterocycles. The molecule has 6 fully saturated rings. The lowest BCUT2D eigenvalue weighted by Crippen LogP contribution is -2.62. The van der Waals surface area contributed by atoms with E-state index in [9.17, 15) is 0 Å². The predicted octanol–water partition coefficient (Wildman–Crippen LogP) is 29.1. The van der Waals surface area contributed by atoms with Crippen LogP contribution in [0.4, 0.5) is 34.1 Å². The number of benzene rings is 6. The Labute approximate surface area is 816 Å². The third-order valence-electron chi connectivity index (χ3n) is 40.8. The smallest absolute Gasteiger partial charge is 0.181 e. The van der Waals surface area contributed by atoms with Crippen molar-refractivity contribution in [3.63, 3.8) is 0 Å². The molecule has 15 aliphatic rings. The van der Waals surface area contributed by atoms with Gasteiger partial charge in [-0.2, -0.15) is 0 Å². The Balaban J connectivity index is 0.0000000983. The molecule has 4 bridgehead atoms. The first-order valence-electron chi connectivity index (χ1n) is 52.0. The largest absolute Gasteiger partial charge is 0.446 e. The van der Waals surface area contributed by atoms with Crippen LogP contribution in [0.15, 0.2) is 183 Å². The topological polar surface area (TPSA) is 159 Å². The third-order valence-corrected chi connectivity index (χ3v) is 40.8. The van der Waals surface area contributed by atoms with E-state index in [1.54, 1.807) is 25.6 Å². The number of para-hydroxylation sites is 6. The van der Waals surface area contributed by atoms with Gasteiger partial charge in [0.1, 0.15) is 22.8 Å². The second-order valence-corrected chi connectivity index (χ2v) is 47.9. The lowest BCUT2D eigenvalue weighted by Gasteiger charge is -2.63. The summed E-state index contributed by atoms with van der Waals surface area (Å²) in [5, 5.41) is 0. The fraction of sp³-hybridized carbons (Fsp3) is 0.546. The number of anilines is 6. The molecule has 0 saturated heterocycles. The molecule has 137 heavy (non-hydrogen) atoms. The molecular weight excluding hydrogens is 1690 g/mol. The highest BCUT2D eigenvalue weighted by Gasteiger charge is 2.71. The summed E-state index contributed by atoms with van der Waals surface area (Å²) in [4.78, 5) is 44.2. The SMILES string of the molecule is Cc1cccc2c1N1C(C)c3c(ncn3C)C1(C)C(C)(C)C2(C)C.Cc1cccc2c1N1C(C)c3c(ncn3C)C1(C)C(C)(C)C2(C)C.Cc1cccc2c1N1C(C)c3ocnc3C1(C)C(C)(C)C2(C)C.Cc1ccccc1N1C(C)c2ocnc2C12C1CC3CC(C1)CC2C3.Cc1ccccc1N1C(C)c2ocnc2C12CCCC2.Cc1ccccc1N1C(C)c2ocnc2C12CCCCC2. The average molecular weight is 1840 g/mol. The van der Waals surface area contributed by atoms with Crippen molar-refractivity contribution >= 4 is 34.1 Å². The molecule has 6 aliphatic carbocycles. The highest BCUT2D eigenvalue weighted by molar-refractivity contribution is 5.76. The van der Waals surface area contributed by atoms with Crippen LogP contribution in [0.3, 0.4) is 0 Å². The van der Waals surface area contributed by atoms with Crippen molar-refractivity contribution in [2.75, 3.05) is 29.4 Å². The summed E-state index contributed by atoms with van der Waals surface area (Å²) in [5.41, 5.74) is 30.6. The number of aryl methyl sites for hydroxylation is 8. The molecule has 27 rings (SSSR count). The third kappa shape index (κ3) is 12.1. The maximum atomic E-state index is 5.96. The van der Waals surface area contributed by atoms with Crippen LogP contribution in [-0.2, 0) is 63.6 Å². The number of nitrogens with zero attached hydrogens (tertiary/aromatic N) is 14. The van der Waals surface area contributed by atoms with E-state index in [2.05, 4.69) is 382 Å². The molecular formula is C119H152N14O4. The summed E-state index contributed by atoms with van der Waals surface area (Å²) >= 11 is 0. The first-order chi connectivity index (χ1) is 65.0. The molecule has 12 aromatic rings. The molecule has 3 spiro atoms. The highest BCUT2D eigenvalue weighted by Crippen LogP contribution is 2.74. The van der Waals surface area contributed by atoms with Crippen LogP contribution >= 0.6 is 0 Å². The zero-order chi connectivity index (χ0) is 97.0. The van der Waals surface area contributed by atoms with E-state index >= 15 is 0 Å². The van der Waals surface area contributed by atoms with Gasteiger partial charge in [-0.25, -0.2) is 29.9 Å². The molecule has 0 N–H and O–H groups in total. The van der Waals surface area contributed by atoms with Gasteiger partial charge in [0.05, 0.1) is 105 Å². The zero-order valence-electron chi connectivity index (χ0n) is 87.7. The van der Waals surface area contributed by atoms with Crippen LogP contribution < -0.4 is 29.4 Å². The van der Waals surface area contributed by atoms with Crippen LogP contribution in [0.5, 0.6) is 0 Å². The number of hydrogen-bond donors (Lipinski definition) is 0. The maximum absolute atomic E-state index is 5.96. The molecule has 18 heteroatoms. The lowest BCUT2D eigenvalue weighted by molar-refractivity contribution is -0.0619. The molecule has 6 saturated carbocycles. The van der Waals surface area contributed by atoms with Gasteiger partial charge in [-0.05, 0) is 270 Å². The number of rotatable bonds is 3. The molecule has 722 valence electrons. The zero-order valence-corrected chi connectivity index (χ0v) is 87.7. The van der Waals surface area contributed by atoms with Gasteiger partial charge >= 0.3 is 0 Å². The van der Waals surface area contributed by atoms with E-state index in [1.807, 2.05) is 12.7 Å². The number of imidazole rings is 2. The summed E-state index contributed by atoms with van der Waals surface area (Å²) in [6.45, 7) is 63.0. The standard InChI is InChI=1S/C22H26N2O.2C21H29N3.C20H26N2O.C18H22N2O.C17H20N2O/c1-13-5-3-4-6-19(13)24-14(2)20-21(23-12-25-20)22(24)17-8-15-7-16(10-17)11-18(22)9-15;2*1-13-10-9-11-15-16(13)24-14(2)17-18(22-12-23(17)8)21(24,7)20(5,6)19(15,3)4;1-12-9-8-10-14-15(12)22-13(2)16-17(21-11-23-16)20(22,7)19(5,6)18(14,3)4;1-13-8-4-5-9-15(13)20-14(2)16-17(19-12-21-16)18(20)10-6-3-7-11-18;1-12-7-3-4-8-14(12)19-13(2)15-16(18-11-20-15)17(19)9-5-6-10-17/h3-6,12,14-18H,7-11H2,1-2H3;2*9-12,14H,1-8H3;8-11,13H,1-7H3;4-5,8-9,12,14H,3,6-7,10-11H2,1-2H3;3-4,7-8,11,13H,5-6,9-10H2,1-2H3. The predicted molar refractivity (Wildman–Crippen MR) is 551 cm³/mol. The van der Waals surface area contributed by atoms with Gasteiger partial charge in [0, 0.05) is 64.5 Å². The minimum absolute atomic E-state index is 0.00280. The van der Waals surface area contributed by atoms with Crippen molar-refractivity contribution < 1.29 is 17.7 Å². The normalized spacial score (nSPS) is 29.7. The van der Waals surface area contributed by atoms with Gasteiger partial charge in [-0.15, -0.1) is 0 Å². The fourth-order valence-electron chi connectivity index (χ4n) is 31.7. The minimum atomic E-state index is -0.183. The van der Waals surface area contributed by atoms with Crippen molar-refractivity contribution in [2.45, 2.75) is 363 Å². The number of hydrogen-bond acceptors (Lipinski definition) is 16. The number of fused-ring (bicyclic) bond motifs is 20. The molecule has 9 atom stereocenters. The quantitative estimate of drug-likeness (QED) is 0.164. The first kappa shape index (κ1) is 92.7. The van der Waals surface area contributed by atoms with Crippen molar-refractivity contribution in [2.24, 2.45) is 54.0 Å². The van der Waals surface area contributed by atoms with E-state index in [4.69, 9.17) is 32.6 Å². The lowest BCUT2D eigenvalue weighted by atomic mass is 9.47. The summed E-state index contributed by atoms with van der Waals surface area (Å²) in [6.07, 6.45) is 28.7. The van der Waals surface area contributed by atoms with Gasteiger partial charge in [0.15, 0.2) is 48.6 Å². The van der Waals surface area contributed by atoms with Crippen molar-refractivity contribution in [1.82, 2.24) is 39.0 Å². The van der Waals surface area contributed by atoms with Crippen LogP contribution in [0.25, 0.3) is 0 Å². The second-order valence-electron chi connectivity index (χ2n) is 47.9. The Morgan fingerprint density at radius 2 is 0.569 bits per heavy atom. The summed E-state index contributed by atoms with van der Waals surface area (Å²) in [6, 6.07) is 48.2. The van der Waals surface area contributed by atoms with E-state index < -0.39 is 0 Å². The highest BCUT2D eigenvalue weighted by atomic mass is 16.4. The Morgan fingerprint density at radius 1 is 0.285 bits per heavy atom. The monoisotopic (exact) mass is 1840 g/mol. The van der Waals surface area contributed by atoms with Gasteiger partial charge in [-0.3, -0.25) is 0 Å². The molecule has 9 unspecified atom stereocenters. The van der Waals surface area contributed by atoms with Gasteiger partial charge in [0.2, 0.25) is 0 Å². The van der Waals surface area contributed by atoms with Crippen LogP contribution in [0, 0.1) is 81.5 Å². The summed E-state index contributed by atoms with van der Waals surface area (Å²) in [5.74, 6) is 7.66. The van der Waals surface area contributed by atoms with Crippen LogP contribution in [-0.4, -0.2) is 39.0 Å². The van der Waals surface area contributed by atoms with E-state index in [1.165, 1.54) is 214 Å². The molecule has 6 aromatic heterocycles. The average Bonchev–Trinajstić information content (AvgIpc) is 1.52. The Hall–Kier alpha value is -10.6. The summed E-state index contributed by atoms with van der Waals surface area (Å²) in [7, 11) is 4.25. The van der Waals surface area contributed by atoms with Crippen LogP contribution in [0.2, 0.25) is 0 Å². The maximum Gasteiger partial charge on any atom is 0.181 e. The molecule has 0 radical (unpaired) electrons. The van der Waals surface area contributed by atoms with Crippen molar-refractivity contribution in [1.29, 1.82) is 0 Å². The first-order valence-corrected chi connectivity index (χ1v) is 52.0. The van der Waals surface area contributed by atoms with Gasteiger partial charge in [-0.1, -0.05) is 224 Å². The van der Waals surface area contributed by atoms with Gasteiger partial charge < -0.3 is 56.2 Å². The van der Waals surface area contributed by atoms with Crippen LogP contribution in [0.1, 0.15) is 390 Å². The fourth-order valence-corrected chi connectivity index (χ4v) is 31.7. The van der Waals surface area contributed by atoms with E-state index in [0.717, 1.165) is 52.4 Å². The number of oxazole rings is 4. The Morgan fingerprint density at radius 3 is 0.934 bits per heavy atom. The van der Waals surface area contributed by atoms with Crippen molar-refractivity contribution in [3.8, 4) is 0 Å². The Bertz CT molecular complexity index is 6490. The number of aromatic nitrogens is 8. The van der Waals surface area contributed by atoms with E-state index in [0.29, 0.717) is 12.1 Å². The van der Waals surface area contributed by atoms with E-state index in [-0.39, 0.29) is 89.9 Å². The van der Waals surface area contributed by atoms with Gasteiger partial charge in [0.25, 0.3) is 0 Å². The molecule has 0 amide bonds. The minimum Gasteiger partial charge on any atom is -0.446 e. The summed E-state index contributed by atoms with van der Waals surface area (Å²) < 4.78 is 27.7. The second kappa shape index (κ2) is 31.7. The molecule has 18 nitrogen and oxygen atoms in total. The van der Waals surface area contributed by atoms with Crippen molar-refractivity contribution in [3.05, 3.63) is 284 Å². The molecule has 6 aromatic carbocycles. The Kier molecular flexibility index (Phi) is 21.5. The molecule has 15 heterocycles.